The summed E-state index contributed by atoms with van der Waals surface area (Å²) in [6, 6.07) is 53.5. The van der Waals surface area contributed by atoms with Gasteiger partial charge in [-0.25, -0.2) is 4.99 Å². The maximum atomic E-state index is 6.68. The standard InChI is InChI=1S/C43H37N3/c1-2-14-32-28-36(30-37(29-32)46-41-23-11-9-21-38(41)39-22-10-12-24-42(39)46)40(45-43(44)34-18-7-4-8-19-34)26-25-31-15-13-20-35(27-31)33-16-5-3-6-17-33/h3-13,15-24,26-30H,2,14,25H2,1H3,(H2,44,45)/b40-26-. The van der Waals surface area contributed by atoms with Crippen LogP contribution in [0, 0.1) is 0 Å². The lowest BCUT2D eigenvalue weighted by Crippen LogP contribution is -2.13. The molecule has 7 aromatic rings. The minimum absolute atomic E-state index is 0.504. The van der Waals surface area contributed by atoms with Crippen molar-refractivity contribution < 1.29 is 0 Å². The van der Waals surface area contributed by atoms with Gasteiger partial charge in [0.1, 0.15) is 5.84 Å². The summed E-state index contributed by atoms with van der Waals surface area (Å²) in [7, 11) is 0. The molecule has 0 aliphatic carbocycles. The van der Waals surface area contributed by atoms with Gasteiger partial charge in [-0.2, -0.15) is 0 Å². The van der Waals surface area contributed by atoms with Crippen molar-refractivity contribution in [3.05, 3.63) is 180 Å². The van der Waals surface area contributed by atoms with Crippen LogP contribution in [0.15, 0.2) is 163 Å². The molecular formula is C43H37N3. The molecule has 6 aromatic carbocycles. The first-order valence-corrected chi connectivity index (χ1v) is 16.0. The molecule has 0 saturated heterocycles. The molecule has 3 heteroatoms. The van der Waals surface area contributed by atoms with Crippen LogP contribution in [0.3, 0.4) is 0 Å². The van der Waals surface area contributed by atoms with Crippen molar-refractivity contribution in [2.24, 2.45) is 10.7 Å². The second-order valence-electron chi connectivity index (χ2n) is 11.7. The van der Waals surface area contributed by atoms with Crippen LogP contribution in [0.2, 0.25) is 0 Å². The Balaban J connectivity index is 1.38. The Morgan fingerprint density at radius 3 is 1.93 bits per heavy atom. The van der Waals surface area contributed by atoms with E-state index < -0.39 is 0 Å². The Kier molecular flexibility index (Phi) is 8.30. The summed E-state index contributed by atoms with van der Waals surface area (Å²) >= 11 is 0. The van der Waals surface area contributed by atoms with Gasteiger partial charge in [0, 0.05) is 27.6 Å². The van der Waals surface area contributed by atoms with Crippen LogP contribution in [-0.4, -0.2) is 10.4 Å². The van der Waals surface area contributed by atoms with Crippen molar-refractivity contribution in [3.63, 3.8) is 0 Å². The highest BCUT2D eigenvalue weighted by molar-refractivity contribution is 6.09. The van der Waals surface area contributed by atoms with E-state index >= 15 is 0 Å². The zero-order valence-electron chi connectivity index (χ0n) is 26.1. The number of aryl methyl sites for hydroxylation is 1. The number of para-hydroxylation sites is 2. The minimum Gasteiger partial charge on any atom is -0.383 e. The van der Waals surface area contributed by atoms with E-state index in [1.807, 2.05) is 30.3 Å². The number of benzene rings is 6. The molecule has 1 aromatic heterocycles. The fraction of sp³-hybridized carbons (Fsp3) is 0.0930. The first-order chi connectivity index (χ1) is 22.7. The van der Waals surface area contributed by atoms with Gasteiger partial charge < -0.3 is 10.3 Å². The first kappa shape index (κ1) is 29.1. The van der Waals surface area contributed by atoms with E-state index in [9.17, 15) is 0 Å². The van der Waals surface area contributed by atoms with Gasteiger partial charge in [-0.1, -0.05) is 141 Å². The zero-order valence-corrected chi connectivity index (χ0v) is 26.1. The monoisotopic (exact) mass is 595 g/mol. The first-order valence-electron chi connectivity index (χ1n) is 16.0. The zero-order chi connectivity index (χ0) is 31.3. The van der Waals surface area contributed by atoms with Gasteiger partial charge in [0.25, 0.3) is 0 Å². The summed E-state index contributed by atoms with van der Waals surface area (Å²) < 4.78 is 2.39. The molecular weight excluding hydrogens is 558 g/mol. The smallest absolute Gasteiger partial charge is 0.131 e. The van der Waals surface area contributed by atoms with E-state index in [1.54, 1.807) is 0 Å². The molecule has 0 aliphatic heterocycles. The van der Waals surface area contributed by atoms with Crippen LogP contribution < -0.4 is 5.73 Å². The van der Waals surface area contributed by atoms with Crippen molar-refractivity contribution in [2.45, 2.75) is 26.2 Å². The predicted octanol–water partition coefficient (Wildman–Crippen LogP) is 10.4. The van der Waals surface area contributed by atoms with Gasteiger partial charge in [0.05, 0.1) is 16.7 Å². The number of nitrogens with two attached hydrogens (primary N) is 1. The topological polar surface area (TPSA) is 43.3 Å². The van der Waals surface area contributed by atoms with Gasteiger partial charge in [0.2, 0.25) is 0 Å². The van der Waals surface area contributed by atoms with Crippen molar-refractivity contribution in [1.82, 2.24) is 4.57 Å². The Bertz CT molecular complexity index is 2130. The van der Waals surface area contributed by atoms with Crippen LogP contribution in [0.5, 0.6) is 0 Å². The number of fused-ring (bicyclic) bond motifs is 3. The normalized spacial score (nSPS) is 12.2. The molecule has 0 radical (unpaired) electrons. The third kappa shape index (κ3) is 6.00. The van der Waals surface area contributed by atoms with Crippen LogP contribution in [0.25, 0.3) is 44.3 Å². The second-order valence-corrected chi connectivity index (χ2v) is 11.7. The average molecular weight is 596 g/mol. The van der Waals surface area contributed by atoms with E-state index in [-0.39, 0.29) is 0 Å². The third-order valence-corrected chi connectivity index (χ3v) is 8.53. The highest BCUT2D eigenvalue weighted by Crippen LogP contribution is 2.34. The quantitative estimate of drug-likeness (QED) is 0.131. The molecule has 3 nitrogen and oxygen atoms in total. The molecule has 46 heavy (non-hydrogen) atoms. The maximum absolute atomic E-state index is 6.68. The SMILES string of the molecule is CCCc1cc(/C(=C/Cc2cccc(-c3ccccc3)c2)N=C(N)c2ccccc2)cc(-n2c3ccccc3c3ccccc32)c1. The lowest BCUT2D eigenvalue weighted by molar-refractivity contribution is 0.918. The largest absolute Gasteiger partial charge is 0.383 e. The molecule has 0 unspecified atom stereocenters. The molecule has 7 rings (SSSR count). The highest BCUT2D eigenvalue weighted by atomic mass is 15.0. The number of hydrogen-bond donors (Lipinski definition) is 1. The maximum Gasteiger partial charge on any atom is 0.131 e. The molecule has 0 saturated carbocycles. The Labute approximate surface area is 271 Å². The van der Waals surface area contributed by atoms with Gasteiger partial charge in [-0.05, 0) is 65.4 Å². The Morgan fingerprint density at radius 2 is 1.24 bits per heavy atom. The number of hydrogen-bond acceptors (Lipinski definition) is 1. The fourth-order valence-corrected chi connectivity index (χ4v) is 6.34. The van der Waals surface area contributed by atoms with Crippen molar-refractivity contribution >= 4 is 33.3 Å². The molecule has 0 aliphatic rings. The molecule has 0 amide bonds. The summed E-state index contributed by atoms with van der Waals surface area (Å²) in [5.74, 6) is 0.504. The second kappa shape index (κ2) is 13.1. The predicted molar refractivity (Wildman–Crippen MR) is 196 cm³/mol. The Hall–Kier alpha value is -5.67. The van der Waals surface area contributed by atoms with Crippen LogP contribution in [0.4, 0.5) is 0 Å². The number of aromatic nitrogens is 1. The summed E-state index contributed by atoms with van der Waals surface area (Å²) in [4.78, 5) is 5.11. The number of nitrogens with zero attached hydrogens (tertiary/aromatic N) is 2. The lowest BCUT2D eigenvalue weighted by Gasteiger charge is -2.14. The van der Waals surface area contributed by atoms with Crippen molar-refractivity contribution in [2.75, 3.05) is 0 Å². The van der Waals surface area contributed by atoms with E-state index in [0.717, 1.165) is 41.8 Å². The molecule has 0 fully saturated rings. The van der Waals surface area contributed by atoms with E-state index in [1.165, 1.54) is 44.1 Å². The van der Waals surface area contributed by atoms with Crippen molar-refractivity contribution in [3.8, 4) is 16.8 Å². The molecule has 0 bridgehead atoms. The molecule has 1 heterocycles. The van der Waals surface area contributed by atoms with Crippen LogP contribution >= 0.6 is 0 Å². The number of rotatable bonds is 9. The van der Waals surface area contributed by atoms with Gasteiger partial charge >= 0.3 is 0 Å². The van der Waals surface area contributed by atoms with E-state index in [4.69, 9.17) is 10.7 Å². The summed E-state index contributed by atoms with van der Waals surface area (Å²) in [5.41, 5.74) is 18.0. The summed E-state index contributed by atoms with van der Waals surface area (Å²) in [6.45, 7) is 2.23. The van der Waals surface area contributed by atoms with Crippen LogP contribution in [0.1, 0.15) is 35.6 Å². The fourth-order valence-electron chi connectivity index (χ4n) is 6.34. The highest BCUT2D eigenvalue weighted by Gasteiger charge is 2.14. The Morgan fingerprint density at radius 1 is 0.609 bits per heavy atom. The molecule has 0 atom stereocenters. The van der Waals surface area contributed by atoms with Gasteiger partial charge in [-0.15, -0.1) is 0 Å². The average Bonchev–Trinajstić information content (AvgIpc) is 3.45. The van der Waals surface area contributed by atoms with Crippen LogP contribution in [-0.2, 0) is 12.8 Å². The van der Waals surface area contributed by atoms with Gasteiger partial charge in [-0.3, -0.25) is 0 Å². The number of allylic oxidation sites excluding steroid dienone is 1. The minimum atomic E-state index is 0.504. The number of aliphatic imine (C=N–C) groups is 1. The van der Waals surface area contributed by atoms with Crippen molar-refractivity contribution in [1.29, 1.82) is 0 Å². The van der Waals surface area contributed by atoms with E-state index in [0.29, 0.717) is 5.84 Å². The molecule has 224 valence electrons. The number of amidine groups is 1. The lowest BCUT2D eigenvalue weighted by atomic mass is 9.99. The molecule has 2 N–H and O–H groups in total. The third-order valence-electron chi connectivity index (χ3n) is 8.53. The molecule has 0 spiro atoms. The summed E-state index contributed by atoms with van der Waals surface area (Å²) in [6.07, 6.45) is 4.98. The van der Waals surface area contributed by atoms with Gasteiger partial charge in [0.15, 0.2) is 0 Å². The summed E-state index contributed by atoms with van der Waals surface area (Å²) in [5, 5.41) is 2.50. The van der Waals surface area contributed by atoms with E-state index in [2.05, 4.69) is 139 Å².